The molecule has 0 aliphatic heterocycles. The number of rotatable bonds is 4. The molecule has 0 aromatic carbocycles. The lowest BCUT2D eigenvalue weighted by atomic mass is 10.4. The van der Waals surface area contributed by atoms with E-state index >= 15 is 0 Å². The maximum atomic E-state index is 11.0. The first-order valence-corrected chi connectivity index (χ1v) is 4.75. The molecule has 1 heterocycles. The molecule has 0 spiro atoms. The lowest BCUT2D eigenvalue weighted by Crippen LogP contribution is -2.19. The van der Waals surface area contributed by atoms with Gasteiger partial charge in [0.15, 0.2) is 11.3 Å². The minimum atomic E-state index is -0.697. The summed E-state index contributed by atoms with van der Waals surface area (Å²) in [6.07, 6.45) is 2.57. The van der Waals surface area contributed by atoms with Gasteiger partial charge in [-0.3, -0.25) is 4.79 Å². The zero-order valence-electron chi connectivity index (χ0n) is 7.60. The number of carbonyl (C=O) groups excluding carboxylic acids is 2. The summed E-state index contributed by atoms with van der Waals surface area (Å²) in [6.45, 7) is -0.426. The molecule has 1 amide bonds. The van der Waals surface area contributed by atoms with E-state index in [4.69, 9.17) is 10.2 Å². The zero-order chi connectivity index (χ0) is 11.3. The molecule has 0 atom stereocenters. The Bertz CT molecular complexity index is 397. The lowest BCUT2D eigenvalue weighted by Gasteiger charge is -1.95. The molecule has 80 valence electrons. The molecule has 0 fully saturated rings. The molecule has 5 nitrogen and oxygen atoms in total. The Morgan fingerprint density at radius 1 is 1.53 bits per heavy atom. The van der Waals surface area contributed by atoms with Crippen LogP contribution in [0.5, 0.6) is 0 Å². The molecule has 1 aromatic heterocycles. The van der Waals surface area contributed by atoms with Crippen LogP contribution in [0.2, 0.25) is 0 Å². The number of primary amides is 1. The molecule has 2 N–H and O–H groups in total. The van der Waals surface area contributed by atoms with Crippen molar-refractivity contribution in [2.24, 2.45) is 5.73 Å². The summed E-state index contributed by atoms with van der Waals surface area (Å²) in [5, 5.41) is 0. The number of hydrogen-bond donors (Lipinski definition) is 1. The summed E-state index contributed by atoms with van der Waals surface area (Å²) in [7, 11) is 0. The Hall–Kier alpha value is -1.56. The molecule has 0 unspecified atom stereocenters. The van der Waals surface area contributed by atoms with Crippen LogP contribution in [0, 0.1) is 0 Å². The van der Waals surface area contributed by atoms with E-state index in [1.807, 2.05) is 0 Å². The Kier molecular flexibility index (Phi) is 4.11. The van der Waals surface area contributed by atoms with Crippen LogP contribution in [-0.2, 0) is 14.3 Å². The second kappa shape index (κ2) is 5.35. The van der Waals surface area contributed by atoms with Gasteiger partial charge in [0.25, 0.3) is 5.91 Å². The van der Waals surface area contributed by atoms with E-state index in [9.17, 15) is 9.59 Å². The van der Waals surface area contributed by atoms with Crippen molar-refractivity contribution < 1.29 is 18.7 Å². The van der Waals surface area contributed by atoms with Crippen LogP contribution in [0.3, 0.4) is 0 Å². The molecule has 0 saturated carbocycles. The third-order valence-corrected chi connectivity index (χ3v) is 1.76. The number of hydrogen-bond acceptors (Lipinski definition) is 4. The molecule has 1 rings (SSSR count). The lowest BCUT2D eigenvalue weighted by molar-refractivity contribution is -0.142. The minimum Gasteiger partial charge on any atom is -0.452 e. The van der Waals surface area contributed by atoms with E-state index in [1.54, 1.807) is 12.1 Å². The normalized spacial score (nSPS) is 10.5. The molecule has 0 bridgehead atoms. The van der Waals surface area contributed by atoms with Gasteiger partial charge in [-0.15, -0.1) is 0 Å². The number of amides is 1. The van der Waals surface area contributed by atoms with Gasteiger partial charge in [0.1, 0.15) is 5.76 Å². The number of halogens is 1. The number of furan rings is 1. The van der Waals surface area contributed by atoms with E-state index < -0.39 is 18.5 Å². The van der Waals surface area contributed by atoms with Gasteiger partial charge in [-0.05, 0) is 34.1 Å². The molecule has 15 heavy (non-hydrogen) atoms. The van der Waals surface area contributed by atoms with Gasteiger partial charge in [0.2, 0.25) is 0 Å². The molecule has 0 aliphatic carbocycles. The summed E-state index contributed by atoms with van der Waals surface area (Å²) in [5.41, 5.74) is 4.79. The summed E-state index contributed by atoms with van der Waals surface area (Å²) in [4.78, 5) is 21.2. The van der Waals surface area contributed by atoms with Crippen molar-refractivity contribution in [3.8, 4) is 0 Å². The van der Waals surface area contributed by atoms with Gasteiger partial charge in [-0.25, -0.2) is 4.79 Å². The van der Waals surface area contributed by atoms with Gasteiger partial charge in [-0.1, -0.05) is 0 Å². The number of esters is 1. The standard InChI is InChI=1S/C9H8BrNO4/c10-7-3-1-6(15-7)2-4-9(13)14-5-8(11)12/h1-4H,5H2,(H2,11,12). The van der Waals surface area contributed by atoms with Crippen LogP contribution in [0.25, 0.3) is 6.08 Å². The predicted molar refractivity (Wildman–Crippen MR) is 55.6 cm³/mol. The fourth-order valence-corrected chi connectivity index (χ4v) is 1.08. The maximum Gasteiger partial charge on any atom is 0.331 e. The molecule has 0 aliphatic rings. The number of nitrogens with two attached hydrogens (primary N) is 1. The van der Waals surface area contributed by atoms with E-state index in [0.717, 1.165) is 6.08 Å². The summed E-state index contributed by atoms with van der Waals surface area (Å²) < 4.78 is 10.1. The van der Waals surface area contributed by atoms with Crippen molar-refractivity contribution >= 4 is 33.9 Å². The van der Waals surface area contributed by atoms with Gasteiger partial charge in [0.05, 0.1) is 0 Å². The average Bonchev–Trinajstić information content (AvgIpc) is 2.58. The van der Waals surface area contributed by atoms with Crippen molar-refractivity contribution in [3.63, 3.8) is 0 Å². The highest BCUT2D eigenvalue weighted by Crippen LogP contribution is 2.14. The van der Waals surface area contributed by atoms with Gasteiger partial charge >= 0.3 is 5.97 Å². The second-order valence-corrected chi connectivity index (χ2v) is 3.33. The summed E-state index contributed by atoms with van der Waals surface area (Å²) in [5.74, 6) is -0.850. The fraction of sp³-hybridized carbons (Fsp3) is 0.111. The van der Waals surface area contributed by atoms with Crippen LogP contribution < -0.4 is 5.73 Å². The number of carbonyl (C=O) groups is 2. The molecule has 0 radical (unpaired) electrons. The predicted octanol–water partition coefficient (Wildman–Crippen LogP) is 1.08. The van der Waals surface area contributed by atoms with Crippen LogP contribution in [0.4, 0.5) is 0 Å². The van der Waals surface area contributed by atoms with Gasteiger partial charge in [-0.2, -0.15) is 0 Å². The largest absolute Gasteiger partial charge is 0.452 e. The summed E-state index contributed by atoms with van der Waals surface area (Å²) >= 11 is 3.11. The van der Waals surface area contributed by atoms with Crippen molar-refractivity contribution in [3.05, 3.63) is 28.6 Å². The SMILES string of the molecule is NC(=O)COC(=O)C=Cc1ccc(Br)o1. The third-order valence-electron chi connectivity index (χ3n) is 1.33. The summed E-state index contributed by atoms with van der Waals surface area (Å²) in [6, 6.07) is 3.36. The van der Waals surface area contributed by atoms with Crippen LogP contribution >= 0.6 is 15.9 Å². The Morgan fingerprint density at radius 2 is 2.27 bits per heavy atom. The van der Waals surface area contributed by atoms with Crippen molar-refractivity contribution in [1.82, 2.24) is 0 Å². The Morgan fingerprint density at radius 3 is 2.80 bits per heavy atom. The highest BCUT2D eigenvalue weighted by Gasteiger charge is 2.01. The zero-order valence-corrected chi connectivity index (χ0v) is 9.19. The monoisotopic (exact) mass is 273 g/mol. The topological polar surface area (TPSA) is 82.5 Å². The van der Waals surface area contributed by atoms with E-state index in [-0.39, 0.29) is 0 Å². The average molecular weight is 274 g/mol. The second-order valence-electron chi connectivity index (χ2n) is 2.55. The van der Waals surface area contributed by atoms with E-state index in [0.29, 0.717) is 10.4 Å². The first kappa shape index (κ1) is 11.5. The molecular formula is C9H8BrNO4. The fourth-order valence-electron chi connectivity index (χ4n) is 0.758. The van der Waals surface area contributed by atoms with Crippen LogP contribution in [0.1, 0.15) is 5.76 Å². The smallest absolute Gasteiger partial charge is 0.331 e. The first-order chi connectivity index (χ1) is 7.08. The first-order valence-electron chi connectivity index (χ1n) is 3.96. The molecule has 0 saturated heterocycles. The van der Waals surface area contributed by atoms with Crippen molar-refractivity contribution in [2.45, 2.75) is 0 Å². The highest BCUT2D eigenvalue weighted by molar-refractivity contribution is 9.10. The molecule has 1 aromatic rings. The quantitative estimate of drug-likeness (QED) is 0.658. The number of ether oxygens (including phenoxy) is 1. The minimum absolute atomic E-state index is 0.426. The van der Waals surface area contributed by atoms with Crippen LogP contribution in [0.15, 0.2) is 27.3 Å². The van der Waals surface area contributed by atoms with Crippen LogP contribution in [-0.4, -0.2) is 18.5 Å². The molecular weight excluding hydrogens is 266 g/mol. The Labute approximate surface area is 94.0 Å². The maximum absolute atomic E-state index is 11.0. The Balaban J connectivity index is 2.44. The van der Waals surface area contributed by atoms with Crippen molar-refractivity contribution in [2.75, 3.05) is 6.61 Å². The van der Waals surface area contributed by atoms with Gasteiger partial charge in [0, 0.05) is 6.08 Å². The highest BCUT2D eigenvalue weighted by atomic mass is 79.9. The van der Waals surface area contributed by atoms with E-state index in [1.165, 1.54) is 6.08 Å². The third kappa shape index (κ3) is 4.46. The van der Waals surface area contributed by atoms with E-state index in [2.05, 4.69) is 20.7 Å². The van der Waals surface area contributed by atoms with Crippen molar-refractivity contribution in [1.29, 1.82) is 0 Å². The molecule has 6 heteroatoms. The van der Waals surface area contributed by atoms with Gasteiger partial charge < -0.3 is 14.9 Å².